The van der Waals surface area contributed by atoms with E-state index in [4.69, 9.17) is 0 Å². The molecule has 1 aliphatic heterocycles. The maximum absolute atomic E-state index is 11.6. The molecule has 98 valence electrons. The predicted octanol–water partition coefficient (Wildman–Crippen LogP) is 3.28. The van der Waals surface area contributed by atoms with E-state index in [1.54, 1.807) is 6.92 Å². The van der Waals surface area contributed by atoms with Crippen LogP contribution >= 0.6 is 0 Å². The molecule has 0 saturated carbocycles. The van der Waals surface area contributed by atoms with Gasteiger partial charge in [-0.1, -0.05) is 25.1 Å². The molecule has 0 bridgehead atoms. The third-order valence-corrected chi connectivity index (χ3v) is 4.11. The fourth-order valence-corrected chi connectivity index (χ4v) is 2.87. The number of aryl methyl sites for hydroxylation is 2. The summed E-state index contributed by atoms with van der Waals surface area (Å²) < 4.78 is 0. The molecule has 1 fully saturated rings. The van der Waals surface area contributed by atoms with Crippen molar-refractivity contribution in [3.63, 3.8) is 0 Å². The molecule has 1 aliphatic rings. The van der Waals surface area contributed by atoms with Gasteiger partial charge in [0.25, 0.3) is 0 Å². The van der Waals surface area contributed by atoms with Crippen LogP contribution in [0.15, 0.2) is 18.2 Å². The van der Waals surface area contributed by atoms with E-state index in [0.717, 1.165) is 13.1 Å². The third kappa shape index (κ3) is 2.74. The number of carbonyl (C=O) groups is 1. The highest BCUT2D eigenvalue weighted by Crippen LogP contribution is 2.31. The van der Waals surface area contributed by atoms with Crippen LogP contribution < -0.4 is 0 Å². The molecule has 0 radical (unpaired) electrons. The van der Waals surface area contributed by atoms with Gasteiger partial charge < -0.3 is 4.90 Å². The Morgan fingerprint density at radius 2 is 1.94 bits per heavy atom. The molecule has 0 N–H and O–H groups in total. The van der Waals surface area contributed by atoms with E-state index in [2.05, 4.69) is 39.0 Å². The van der Waals surface area contributed by atoms with Crippen molar-refractivity contribution < 1.29 is 4.79 Å². The van der Waals surface area contributed by atoms with Gasteiger partial charge in [-0.3, -0.25) is 4.79 Å². The first kappa shape index (κ1) is 13.1. The molecule has 2 rings (SSSR count). The Morgan fingerprint density at radius 3 is 2.56 bits per heavy atom. The summed E-state index contributed by atoms with van der Waals surface area (Å²) in [4.78, 5) is 13.6. The zero-order valence-electron chi connectivity index (χ0n) is 11.9. The standard InChI is InChI=1S/C16H23NO/c1-11-7-16(10-17(9-11)14(4)18)15-6-5-12(2)13(3)8-15/h5-6,8,11,16H,7,9-10H2,1-4H3. The highest BCUT2D eigenvalue weighted by molar-refractivity contribution is 5.73. The SMILES string of the molecule is CC(=O)N1CC(C)CC(c2ccc(C)c(C)c2)C1. The normalized spacial score (nSPS) is 24.1. The van der Waals surface area contributed by atoms with Gasteiger partial charge >= 0.3 is 0 Å². The van der Waals surface area contributed by atoms with E-state index in [0.29, 0.717) is 11.8 Å². The van der Waals surface area contributed by atoms with E-state index in [1.807, 2.05) is 4.90 Å². The fraction of sp³-hybridized carbons (Fsp3) is 0.562. The summed E-state index contributed by atoms with van der Waals surface area (Å²) >= 11 is 0. The van der Waals surface area contributed by atoms with Crippen LogP contribution in [0, 0.1) is 19.8 Å². The second-order valence-electron chi connectivity index (χ2n) is 5.81. The van der Waals surface area contributed by atoms with Crippen LogP contribution in [-0.4, -0.2) is 23.9 Å². The molecule has 0 aromatic heterocycles. The number of piperidine rings is 1. The Kier molecular flexibility index (Phi) is 3.74. The highest BCUT2D eigenvalue weighted by Gasteiger charge is 2.27. The second-order valence-corrected chi connectivity index (χ2v) is 5.81. The fourth-order valence-electron chi connectivity index (χ4n) is 2.87. The van der Waals surface area contributed by atoms with Crippen molar-refractivity contribution >= 4 is 5.91 Å². The minimum atomic E-state index is 0.204. The Hall–Kier alpha value is -1.31. The number of hydrogen-bond donors (Lipinski definition) is 0. The quantitative estimate of drug-likeness (QED) is 0.743. The first-order valence-electron chi connectivity index (χ1n) is 6.80. The molecule has 2 heteroatoms. The number of benzene rings is 1. The van der Waals surface area contributed by atoms with Gasteiger partial charge in [-0.15, -0.1) is 0 Å². The van der Waals surface area contributed by atoms with Crippen LogP contribution in [0.1, 0.15) is 42.9 Å². The Balaban J connectivity index is 2.21. The molecule has 0 spiro atoms. The van der Waals surface area contributed by atoms with Crippen LogP contribution in [-0.2, 0) is 4.79 Å². The number of carbonyl (C=O) groups excluding carboxylic acids is 1. The topological polar surface area (TPSA) is 20.3 Å². The van der Waals surface area contributed by atoms with E-state index < -0.39 is 0 Å². The Bertz CT molecular complexity index is 452. The zero-order valence-corrected chi connectivity index (χ0v) is 11.9. The molecule has 2 unspecified atom stereocenters. The van der Waals surface area contributed by atoms with E-state index >= 15 is 0 Å². The smallest absolute Gasteiger partial charge is 0.219 e. The lowest BCUT2D eigenvalue weighted by molar-refractivity contribution is -0.130. The summed E-state index contributed by atoms with van der Waals surface area (Å²) in [6, 6.07) is 6.71. The van der Waals surface area contributed by atoms with Crippen molar-refractivity contribution in [1.29, 1.82) is 0 Å². The molecule has 1 saturated heterocycles. The van der Waals surface area contributed by atoms with Crippen LogP contribution in [0.25, 0.3) is 0 Å². The maximum atomic E-state index is 11.6. The summed E-state index contributed by atoms with van der Waals surface area (Å²) in [6.45, 7) is 10.0. The number of nitrogens with zero attached hydrogens (tertiary/aromatic N) is 1. The molecule has 2 nitrogen and oxygen atoms in total. The second kappa shape index (κ2) is 5.13. The van der Waals surface area contributed by atoms with Gasteiger partial charge in [-0.2, -0.15) is 0 Å². The van der Waals surface area contributed by atoms with Crippen molar-refractivity contribution in [1.82, 2.24) is 4.90 Å². The lowest BCUT2D eigenvalue weighted by atomic mass is 9.84. The van der Waals surface area contributed by atoms with Crippen LogP contribution in [0.5, 0.6) is 0 Å². The van der Waals surface area contributed by atoms with E-state index in [1.165, 1.54) is 23.1 Å². The monoisotopic (exact) mass is 245 g/mol. The largest absolute Gasteiger partial charge is 0.342 e. The number of hydrogen-bond acceptors (Lipinski definition) is 1. The predicted molar refractivity (Wildman–Crippen MR) is 74.7 cm³/mol. The molecule has 2 atom stereocenters. The minimum absolute atomic E-state index is 0.204. The van der Waals surface area contributed by atoms with Crippen molar-refractivity contribution in [3.05, 3.63) is 34.9 Å². The van der Waals surface area contributed by atoms with Crippen molar-refractivity contribution in [2.75, 3.05) is 13.1 Å². The van der Waals surface area contributed by atoms with Gasteiger partial charge in [-0.05, 0) is 42.9 Å². The van der Waals surface area contributed by atoms with Crippen molar-refractivity contribution in [3.8, 4) is 0 Å². The van der Waals surface area contributed by atoms with Gasteiger partial charge in [0, 0.05) is 25.9 Å². The molecule has 1 aromatic carbocycles. The summed E-state index contributed by atoms with van der Waals surface area (Å²) in [5, 5.41) is 0. The van der Waals surface area contributed by atoms with Crippen molar-refractivity contribution in [2.45, 2.75) is 40.0 Å². The van der Waals surface area contributed by atoms with Gasteiger partial charge in [-0.25, -0.2) is 0 Å². The number of rotatable bonds is 1. The minimum Gasteiger partial charge on any atom is -0.342 e. The summed E-state index contributed by atoms with van der Waals surface area (Å²) in [6.07, 6.45) is 1.19. The lowest BCUT2D eigenvalue weighted by Gasteiger charge is -2.36. The van der Waals surface area contributed by atoms with E-state index in [-0.39, 0.29) is 5.91 Å². The molecule has 1 amide bonds. The first-order chi connectivity index (χ1) is 8.47. The summed E-state index contributed by atoms with van der Waals surface area (Å²) in [7, 11) is 0. The van der Waals surface area contributed by atoms with Crippen LogP contribution in [0.3, 0.4) is 0 Å². The Morgan fingerprint density at radius 1 is 1.22 bits per heavy atom. The summed E-state index contributed by atoms with van der Waals surface area (Å²) in [5.41, 5.74) is 4.07. The van der Waals surface area contributed by atoms with Crippen LogP contribution in [0.2, 0.25) is 0 Å². The van der Waals surface area contributed by atoms with Gasteiger partial charge in [0.1, 0.15) is 0 Å². The lowest BCUT2D eigenvalue weighted by Crippen LogP contribution is -2.41. The average molecular weight is 245 g/mol. The highest BCUT2D eigenvalue weighted by atomic mass is 16.2. The third-order valence-electron chi connectivity index (χ3n) is 4.11. The van der Waals surface area contributed by atoms with E-state index in [9.17, 15) is 4.79 Å². The molecule has 1 aromatic rings. The molecule has 1 heterocycles. The number of amides is 1. The van der Waals surface area contributed by atoms with Crippen molar-refractivity contribution in [2.24, 2.45) is 5.92 Å². The van der Waals surface area contributed by atoms with Crippen LogP contribution in [0.4, 0.5) is 0 Å². The number of likely N-dealkylation sites (tertiary alicyclic amines) is 1. The average Bonchev–Trinajstić information content (AvgIpc) is 2.31. The van der Waals surface area contributed by atoms with Gasteiger partial charge in [0.15, 0.2) is 0 Å². The first-order valence-corrected chi connectivity index (χ1v) is 6.80. The maximum Gasteiger partial charge on any atom is 0.219 e. The molecular weight excluding hydrogens is 222 g/mol. The molecule has 0 aliphatic carbocycles. The van der Waals surface area contributed by atoms with Gasteiger partial charge in [0.05, 0.1) is 0 Å². The zero-order chi connectivity index (χ0) is 13.3. The molecular formula is C16H23NO. The molecule has 18 heavy (non-hydrogen) atoms. The summed E-state index contributed by atoms with van der Waals surface area (Å²) in [5.74, 6) is 1.29. The van der Waals surface area contributed by atoms with Gasteiger partial charge in [0.2, 0.25) is 5.91 Å². The Labute approximate surface area is 110 Å².